The molecule has 0 aromatic rings. The van der Waals surface area contributed by atoms with Gasteiger partial charge in [-0.3, -0.25) is 0 Å². The topological polar surface area (TPSA) is 40.5 Å². The van der Waals surface area contributed by atoms with Crippen LogP contribution in [0.3, 0.4) is 0 Å². The van der Waals surface area contributed by atoms with Gasteiger partial charge in [0.25, 0.3) is 0 Å². The summed E-state index contributed by atoms with van der Waals surface area (Å²) in [6.45, 7) is 4.90. The maximum Gasteiger partial charge on any atom is 0.0596 e. The average Bonchev–Trinajstić information content (AvgIpc) is 2.76. The molecule has 4 aliphatic carbocycles. The van der Waals surface area contributed by atoms with Crippen LogP contribution < -0.4 is 0 Å². The molecular formula is C19H32O2. The molecule has 2 nitrogen and oxygen atoms in total. The molecular weight excluding hydrogens is 260 g/mol. The van der Waals surface area contributed by atoms with E-state index in [1.807, 2.05) is 0 Å². The van der Waals surface area contributed by atoms with Crippen molar-refractivity contribution in [3.63, 3.8) is 0 Å². The van der Waals surface area contributed by atoms with Crippen molar-refractivity contribution in [2.75, 3.05) is 0 Å². The van der Waals surface area contributed by atoms with Crippen LogP contribution in [0.4, 0.5) is 0 Å². The molecule has 120 valence electrons. The quantitative estimate of drug-likeness (QED) is 0.714. The summed E-state index contributed by atoms with van der Waals surface area (Å²) in [7, 11) is 0. The van der Waals surface area contributed by atoms with E-state index in [1.165, 1.54) is 38.5 Å². The molecule has 4 rings (SSSR count). The van der Waals surface area contributed by atoms with Crippen LogP contribution in [0.2, 0.25) is 0 Å². The molecule has 2 N–H and O–H groups in total. The van der Waals surface area contributed by atoms with Crippen molar-refractivity contribution >= 4 is 0 Å². The van der Waals surface area contributed by atoms with E-state index < -0.39 is 0 Å². The summed E-state index contributed by atoms with van der Waals surface area (Å²) in [5, 5.41) is 20.5. The largest absolute Gasteiger partial charge is 0.393 e. The highest BCUT2D eigenvalue weighted by atomic mass is 16.3. The fraction of sp³-hybridized carbons (Fsp3) is 1.00. The molecule has 0 aromatic heterocycles. The van der Waals surface area contributed by atoms with Crippen molar-refractivity contribution in [3.8, 4) is 0 Å². The first-order valence-corrected chi connectivity index (χ1v) is 9.31. The molecule has 8 atom stereocenters. The SMILES string of the molecule is CC12CC[C@@H](O)C[C@H]1CCC1C2CCC2(C)C1CC[C@H]2O. The Kier molecular flexibility index (Phi) is 3.25. The van der Waals surface area contributed by atoms with Crippen molar-refractivity contribution in [1.29, 1.82) is 0 Å². The zero-order valence-corrected chi connectivity index (χ0v) is 13.7. The maximum absolute atomic E-state index is 10.5. The van der Waals surface area contributed by atoms with Crippen LogP contribution in [0.1, 0.15) is 71.6 Å². The van der Waals surface area contributed by atoms with E-state index in [0.29, 0.717) is 5.41 Å². The summed E-state index contributed by atoms with van der Waals surface area (Å²) >= 11 is 0. The minimum absolute atomic E-state index is 0.0400. The van der Waals surface area contributed by atoms with Crippen molar-refractivity contribution in [3.05, 3.63) is 0 Å². The van der Waals surface area contributed by atoms with Crippen LogP contribution in [0.15, 0.2) is 0 Å². The zero-order valence-electron chi connectivity index (χ0n) is 13.7. The van der Waals surface area contributed by atoms with E-state index in [9.17, 15) is 10.2 Å². The molecule has 0 amide bonds. The van der Waals surface area contributed by atoms with Crippen molar-refractivity contribution in [1.82, 2.24) is 0 Å². The molecule has 0 bridgehead atoms. The Morgan fingerprint density at radius 1 is 0.762 bits per heavy atom. The van der Waals surface area contributed by atoms with E-state index in [0.717, 1.165) is 42.9 Å². The van der Waals surface area contributed by atoms with Crippen molar-refractivity contribution in [2.24, 2.45) is 34.5 Å². The Balaban J connectivity index is 1.62. The van der Waals surface area contributed by atoms with Crippen LogP contribution in [-0.4, -0.2) is 22.4 Å². The molecule has 0 aliphatic heterocycles. The predicted octanol–water partition coefficient (Wildman–Crippen LogP) is 3.75. The third-order valence-electron chi connectivity index (χ3n) is 8.59. The van der Waals surface area contributed by atoms with E-state index in [-0.39, 0.29) is 17.6 Å². The number of hydrogen-bond donors (Lipinski definition) is 2. The smallest absolute Gasteiger partial charge is 0.0596 e. The van der Waals surface area contributed by atoms with Gasteiger partial charge in [0.1, 0.15) is 0 Å². The van der Waals surface area contributed by atoms with Gasteiger partial charge < -0.3 is 10.2 Å². The zero-order chi connectivity index (χ0) is 14.8. The van der Waals surface area contributed by atoms with E-state index >= 15 is 0 Å². The number of fused-ring (bicyclic) bond motifs is 5. The van der Waals surface area contributed by atoms with E-state index in [1.54, 1.807) is 0 Å². The number of aliphatic hydroxyl groups excluding tert-OH is 2. The summed E-state index contributed by atoms with van der Waals surface area (Å²) in [6.07, 6.45) is 10.7. The lowest BCUT2D eigenvalue weighted by Crippen LogP contribution is -2.54. The summed E-state index contributed by atoms with van der Waals surface area (Å²) < 4.78 is 0. The summed E-state index contributed by atoms with van der Waals surface area (Å²) in [4.78, 5) is 0. The summed E-state index contributed by atoms with van der Waals surface area (Å²) in [6, 6.07) is 0. The van der Waals surface area contributed by atoms with Gasteiger partial charge in [-0.05, 0) is 92.3 Å². The molecule has 5 unspecified atom stereocenters. The minimum atomic E-state index is -0.0536. The van der Waals surface area contributed by atoms with Crippen LogP contribution in [0, 0.1) is 34.5 Å². The lowest BCUT2D eigenvalue weighted by atomic mass is 9.45. The molecule has 4 saturated carbocycles. The van der Waals surface area contributed by atoms with Crippen LogP contribution in [0.5, 0.6) is 0 Å². The van der Waals surface area contributed by atoms with Crippen molar-refractivity contribution < 1.29 is 10.2 Å². The van der Waals surface area contributed by atoms with Crippen LogP contribution >= 0.6 is 0 Å². The monoisotopic (exact) mass is 292 g/mol. The molecule has 0 saturated heterocycles. The number of aliphatic hydroxyl groups is 2. The minimum Gasteiger partial charge on any atom is -0.393 e. The van der Waals surface area contributed by atoms with Crippen molar-refractivity contribution in [2.45, 2.75) is 83.8 Å². The van der Waals surface area contributed by atoms with Gasteiger partial charge in [0, 0.05) is 0 Å². The first kappa shape index (κ1) is 14.5. The Hall–Kier alpha value is -0.0800. The lowest BCUT2D eigenvalue weighted by Gasteiger charge is -2.60. The first-order valence-electron chi connectivity index (χ1n) is 9.31. The molecule has 2 heteroatoms. The molecule has 0 radical (unpaired) electrons. The molecule has 21 heavy (non-hydrogen) atoms. The Morgan fingerprint density at radius 2 is 1.48 bits per heavy atom. The van der Waals surface area contributed by atoms with E-state index in [2.05, 4.69) is 13.8 Å². The van der Waals surface area contributed by atoms with Gasteiger partial charge in [-0.2, -0.15) is 0 Å². The van der Waals surface area contributed by atoms with Gasteiger partial charge in [0.15, 0.2) is 0 Å². The second-order valence-corrected chi connectivity index (χ2v) is 9.22. The standard InChI is InChI=1S/C19H32O2/c1-18-9-7-13(20)11-12(18)3-4-14-15-5-6-17(21)19(15,2)10-8-16(14)18/h12-17,20-21H,3-11H2,1-2H3/t12-,13-,14?,15?,16?,17-,18?,19?/m1/s1. The summed E-state index contributed by atoms with van der Waals surface area (Å²) in [5.74, 6) is 3.21. The Labute approximate surface area is 129 Å². The lowest BCUT2D eigenvalue weighted by molar-refractivity contribution is -0.133. The second kappa shape index (κ2) is 4.71. The third-order valence-corrected chi connectivity index (χ3v) is 8.59. The fourth-order valence-corrected chi connectivity index (χ4v) is 7.21. The van der Waals surface area contributed by atoms with Gasteiger partial charge in [-0.1, -0.05) is 13.8 Å². The third kappa shape index (κ3) is 1.91. The molecule has 0 aromatic carbocycles. The molecule has 4 aliphatic rings. The van der Waals surface area contributed by atoms with Crippen LogP contribution in [0.25, 0.3) is 0 Å². The summed E-state index contributed by atoms with van der Waals surface area (Å²) in [5.41, 5.74) is 0.676. The van der Waals surface area contributed by atoms with Gasteiger partial charge in [-0.25, -0.2) is 0 Å². The molecule has 0 spiro atoms. The first-order chi connectivity index (χ1) is 9.95. The van der Waals surface area contributed by atoms with Gasteiger partial charge in [0.05, 0.1) is 12.2 Å². The predicted molar refractivity (Wildman–Crippen MR) is 83.7 cm³/mol. The fourth-order valence-electron chi connectivity index (χ4n) is 7.21. The highest BCUT2D eigenvalue weighted by Gasteiger charge is 2.59. The number of rotatable bonds is 0. The second-order valence-electron chi connectivity index (χ2n) is 9.22. The van der Waals surface area contributed by atoms with Crippen LogP contribution in [-0.2, 0) is 0 Å². The average molecular weight is 292 g/mol. The van der Waals surface area contributed by atoms with Gasteiger partial charge >= 0.3 is 0 Å². The van der Waals surface area contributed by atoms with E-state index in [4.69, 9.17) is 0 Å². The highest BCUT2D eigenvalue weighted by molar-refractivity contribution is 5.09. The molecule has 4 fully saturated rings. The Morgan fingerprint density at radius 3 is 2.29 bits per heavy atom. The molecule has 0 heterocycles. The Bertz CT molecular complexity index is 422. The normalized spacial score (nSPS) is 60.0. The maximum atomic E-state index is 10.5. The van der Waals surface area contributed by atoms with Gasteiger partial charge in [-0.15, -0.1) is 0 Å². The highest BCUT2D eigenvalue weighted by Crippen LogP contribution is 2.66. The van der Waals surface area contributed by atoms with Gasteiger partial charge in [0.2, 0.25) is 0 Å². The number of hydrogen-bond acceptors (Lipinski definition) is 2.